The third kappa shape index (κ3) is 8.19. The summed E-state index contributed by atoms with van der Waals surface area (Å²) in [4.78, 5) is 15.6. The number of unbranched alkanes of at least 4 members (excludes halogenated alkanes) is 7. The predicted octanol–water partition coefficient (Wildman–Crippen LogP) is 3.96. The quantitative estimate of drug-likeness (QED) is 0.467. The van der Waals surface area contributed by atoms with Crippen LogP contribution >= 0.6 is 0 Å². The molecule has 0 fully saturated rings. The molecule has 0 radical (unpaired) electrons. The zero-order chi connectivity index (χ0) is 13.1. The Kier molecular flexibility index (Phi) is 9.14. The lowest BCUT2D eigenvalue weighted by Gasteiger charge is -2.20. The van der Waals surface area contributed by atoms with Gasteiger partial charge in [0.1, 0.15) is 0 Å². The molecule has 0 aromatic rings. The minimum absolute atomic E-state index is 0.305. The highest BCUT2D eigenvalue weighted by Crippen LogP contribution is 2.25. The van der Waals surface area contributed by atoms with E-state index < -0.39 is 5.41 Å². The van der Waals surface area contributed by atoms with Crippen LogP contribution in [0.5, 0.6) is 0 Å². The fourth-order valence-electron chi connectivity index (χ4n) is 1.96. The molecule has 0 aromatic carbocycles. The van der Waals surface area contributed by atoms with Crippen LogP contribution in [0, 0.1) is 5.41 Å². The maximum Gasteiger partial charge on any atom is 0.329 e. The van der Waals surface area contributed by atoms with Gasteiger partial charge in [0.15, 0.2) is 0 Å². The third-order valence-corrected chi connectivity index (χ3v) is 3.31. The van der Waals surface area contributed by atoms with Crippen molar-refractivity contribution >= 4 is 5.97 Å². The number of nitrogens with two attached hydrogens (primary N) is 1. The van der Waals surface area contributed by atoms with Crippen molar-refractivity contribution in [3.8, 4) is 0 Å². The molecule has 0 aliphatic rings. The molecule has 0 atom stereocenters. The summed E-state index contributed by atoms with van der Waals surface area (Å²) in [5, 5.41) is 0. The van der Waals surface area contributed by atoms with E-state index in [2.05, 4.69) is 11.8 Å². The van der Waals surface area contributed by atoms with Gasteiger partial charge in [0.25, 0.3) is 0 Å². The zero-order valence-corrected chi connectivity index (χ0v) is 11.8. The molecule has 17 heavy (non-hydrogen) atoms. The van der Waals surface area contributed by atoms with Crippen molar-refractivity contribution in [1.29, 1.82) is 0 Å². The van der Waals surface area contributed by atoms with Crippen molar-refractivity contribution in [2.75, 3.05) is 0 Å². The molecular weight excluding hydrogens is 214 g/mol. The van der Waals surface area contributed by atoms with E-state index in [4.69, 9.17) is 5.90 Å². The molecule has 2 N–H and O–H groups in total. The van der Waals surface area contributed by atoms with Gasteiger partial charge in [0.2, 0.25) is 0 Å². The molecule has 3 heteroatoms. The molecule has 0 amide bonds. The van der Waals surface area contributed by atoms with E-state index in [1.807, 2.05) is 13.8 Å². The van der Waals surface area contributed by atoms with Crippen LogP contribution in [0.25, 0.3) is 0 Å². The first-order chi connectivity index (χ1) is 8.04. The van der Waals surface area contributed by atoms with Crippen molar-refractivity contribution in [3.05, 3.63) is 0 Å². The fraction of sp³-hybridized carbons (Fsp3) is 0.929. The highest BCUT2D eigenvalue weighted by Gasteiger charge is 2.28. The van der Waals surface area contributed by atoms with Gasteiger partial charge in [-0.25, -0.2) is 4.79 Å². The van der Waals surface area contributed by atoms with Crippen LogP contribution in [0.3, 0.4) is 0 Å². The smallest absolute Gasteiger partial charge is 0.329 e. The minimum atomic E-state index is -0.434. The molecule has 102 valence electrons. The Hall–Kier alpha value is -0.570. The molecule has 3 nitrogen and oxygen atoms in total. The third-order valence-electron chi connectivity index (χ3n) is 3.31. The number of hydrogen-bond acceptors (Lipinski definition) is 3. The molecule has 0 heterocycles. The summed E-state index contributed by atoms with van der Waals surface area (Å²) in [5.41, 5.74) is -0.434. The number of carbonyl (C=O) groups excluding carboxylic acids is 1. The van der Waals surface area contributed by atoms with Crippen LogP contribution in [0.4, 0.5) is 0 Å². The van der Waals surface area contributed by atoms with Gasteiger partial charge in [-0.2, -0.15) is 5.90 Å². The first-order valence-electron chi connectivity index (χ1n) is 6.95. The average molecular weight is 243 g/mol. The first kappa shape index (κ1) is 16.4. The topological polar surface area (TPSA) is 52.3 Å². The monoisotopic (exact) mass is 243 g/mol. The summed E-state index contributed by atoms with van der Waals surface area (Å²) in [7, 11) is 0. The average Bonchev–Trinajstić information content (AvgIpc) is 2.31. The van der Waals surface area contributed by atoms with Gasteiger partial charge in [-0.15, -0.1) is 0 Å². The molecule has 0 unspecified atom stereocenters. The van der Waals surface area contributed by atoms with E-state index >= 15 is 0 Å². The van der Waals surface area contributed by atoms with Gasteiger partial charge in [-0.05, 0) is 20.3 Å². The van der Waals surface area contributed by atoms with Crippen LogP contribution in [0.15, 0.2) is 0 Å². The van der Waals surface area contributed by atoms with Gasteiger partial charge in [-0.3, -0.25) is 0 Å². The second kappa shape index (κ2) is 9.46. The number of rotatable bonds is 10. The minimum Gasteiger partial charge on any atom is -0.373 e. The number of carbonyl (C=O) groups is 1. The van der Waals surface area contributed by atoms with Gasteiger partial charge >= 0.3 is 5.97 Å². The van der Waals surface area contributed by atoms with Crippen molar-refractivity contribution in [1.82, 2.24) is 0 Å². The SMILES string of the molecule is CCCCCCCCCCC(C)(C)C(=O)ON. The molecule has 0 aliphatic heterocycles. The van der Waals surface area contributed by atoms with E-state index in [1.165, 1.54) is 44.9 Å². The van der Waals surface area contributed by atoms with E-state index in [-0.39, 0.29) is 5.97 Å². The maximum atomic E-state index is 11.3. The lowest BCUT2D eigenvalue weighted by Crippen LogP contribution is -2.28. The normalized spacial score (nSPS) is 11.5. The van der Waals surface area contributed by atoms with Crippen molar-refractivity contribution < 1.29 is 9.63 Å². The summed E-state index contributed by atoms with van der Waals surface area (Å²) < 4.78 is 0. The molecule has 0 rings (SSSR count). The van der Waals surface area contributed by atoms with Crippen LogP contribution in [-0.4, -0.2) is 5.97 Å². The summed E-state index contributed by atoms with van der Waals surface area (Å²) in [5.74, 6) is 4.60. The van der Waals surface area contributed by atoms with Crippen LogP contribution in [-0.2, 0) is 9.63 Å². The molecule has 0 spiro atoms. The Balaban J connectivity index is 3.42. The van der Waals surface area contributed by atoms with E-state index in [9.17, 15) is 4.79 Å². The molecule has 0 saturated heterocycles. The lowest BCUT2D eigenvalue weighted by molar-refractivity contribution is -0.155. The molecule has 0 aromatic heterocycles. The van der Waals surface area contributed by atoms with Crippen molar-refractivity contribution in [3.63, 3.8) is 0 Å². The molecular formula is C14H29NO2. The van der Waals surface area contributed by atoms with E-state index in [0.717, 1.165) is 12.8 Å². The Morgan fingerprint density at radius 1 is 1.00 bits per heavy atom. The fourth-order valence-corrected chi connectivity index (χ4v) is 1.96. The van der Waals surface area contributed by atoms with Crippen LogP contribution < -0.4 is 5.90 Å². The standard InChI is InChI=1S/C14H29NO2/c1-4-5-6-7-8-9-10-11-12-14(2,3)13(16)17-15/h4-12,15H2,1-3H3. The van der Waals surface area contributed by atoms with E-state index in [0.29, 0.717) is 0 Å². The van der Waals surface area contributed by atoms with Crippen LogP contribution in [0.2, 0.25) is 0 Å². The maximum absolute atomic E-state index is 11.3. The Bertz CT molecular complexity index is 202. The van der Waals surface area contributed by atoms with Gasteiger partial charge < -0.3 is 4.84 Å². The van der Waals surface area contributed by atoms with Gasteiger partial charge in [-0.1, -0.05) is 58.3 Å². The Labute approximate surface area is 106 Å². The zero-order valence-electron chi connectivity index (χ0n) is 11.8. The predicted molar refractivity (Wildman–Crippen MR) is 71.3 cm³/mol. The largest absolute Gasteiger partial charge is 0.373 e. The number of hydrogen-bond donors (Lipinski definition) is 1. The van der Waals surface area contributed by atoms with Crippen molar-refractivity contribution in [2.24, 2.45) is 11.3 Å². The summed E-state index contributed by atoms with van der Waals surface area (Å²) in [6, 6.07) is 0. The molecule has 0 saturated carbocycles. The van der Waals surface area contributed by atoms with Gasteiger partial charge in [0, 0.05) is 0 Å². The first-order valence-corrected chi connectivity index (χ1v) is 6.95. The summed E-state index contributed by atoms with van der Waals surface area (Å²) in [6.07, 6.45) is 11.1. The van der Waals surface area contributed by atoms with E-state index in [1.54, 1.807) is 0 Å². The van der Waals surface area contributed by atoms with Gasteiger partial charge in [0.05, 0.1) is 5.41 Å². The second-order valence-corrected chi connectivity index (χ2v) is 5.51. The Morgan fingerprint density at radius 3 is 1.94 bits per heavy atom. The summed E-state index contributed by atoms with van der Waals surface area (Å²) in [6.45, 7) is 6.02. The highest BCUT2D eigenvalue weighted by atomic mass is 16.7. The Morgan fingerprint density at radius 2 is 1.47 bits per heavy atom. The highest BCUT2D eigenvalue weighted by molar-refractivity contribution is 5.75. The second-order valence-electron chi connectivity index (χ2n) is 5.51. The van der Waals surface area contributed by atoms with Crippen molar-refractivity contribution in [2.45, 2.75) is 78.6 Å². The lowest BCUT2D eigenvalue weighted by atomic mass is 9.87. The summed E-state index contributed by atoms with van der Waals surface area (Å²) >= 11 is 0. The molecule has 0 aliphatic carbocycles. The molecule has 0 bridgehead atoms. The van der Waals surface area contributed by atoms with Crippen LogP contribution in [0.1, 0.15) is 78.6 Å².